The largest absolute Gasteiger partial charge is 0.322 e. The molecule has 0 saturated heterocycles. The normalized spacial score (nSPS) is 10.5. The van der Waals surface area contributed by atoms with Crippen LogP contribution in [0.1, 0.15) is 29.3 Å². The predicted molar refractivity (Wildman–Crippen MR) is 103 cm³/mol. The Kier molecular flexibility index (Phi) is 5.46. The van der Waals surface area contributed by atoms with E-state index in [2.05, 4.69) is 17.2 Å². The lowest BCUT2D eigenvalue weighted by molar-refractivity contribution is 0.102. The maximum atomic E-state index is 12.5. The van der Waals surface area contributed by atoms with Crippen molar-refractivity contribution in [3.63, 3.8) is 0 Å². The van der Waals surface area contributed by atoms with Gasteiger partial charge < -0.3 is 5.32 Å². The van der Waals surface area contributed by atoms with Crippen molar-refractivity contribution in [2.45, 2.75) is 19.8 Å². The van der Waals surface area contributed by atoms with Crippen LogP contribution in [0.5, 0.6) is 0 Å². The van der Waals surface area contributed by atoms with E-state index >= 15 is 0 Å². The highest BCUT2D eigenvalue weighted by molar-refractivity contribution is 6.33. The first-order chi connectivity index (χ1) is 12.2. The lowest BCUT2D eigenvalue weighted by Gasteiger charge is -2.11. The molecule has 0 fully saturated rings. The van der Waals surface area contributed by atoms with Crippen LogP contribution < -0.4 is 5.32 Å². The summed E-state index contributed by atoms with van der Waals surface area (Å²) in [5.41, 5.74) is 4.21. The summed E-state index contributed by atoms with van der Waals surface area (Å²) >= 11 is 6.17. The van der Waals surface area contributed by atoms with Crippen LogP contribution in [0.2, 0.25) is 5.02 Å². The summed E-state index contributed by atoms with van der Waals surface area (Å²) in [4.78, 5) is 16.8. The van der Waals surface area contributed by atoms with Gasteiger partial charge >= 0.3 is 0 Å². The van der Waals surface area contributed by atoms with Gasteiger partial charge in [0.2, 0.25) is 0 Å². The van der Waals surface area contributed by atoms with Gasteiger partial charge in [0.05, 0.1) is 10.7 Å². The Morgan fingerprint density at radius 3 is 2.52 bits per heavy atom. The molecule has 0 unspecified atom stereocenters. The number of para-hydroxylation sites is 1. The van der Waals surface area contributed by atoms with Crippen molar-refractivity contribution in [2.24, 2.45) is 0 Å². The number of carbonyl (C=O) groups is 1. The molecule has 1 aromatic heterocycles. The average Bonchev–Trinajstić information content (AvgIpc) is 2.64. The van der Waals surface area contributed by atoms with E-state index in [1.54, 1.807) is 30.5 Å². The molecule has 0 atom stereocenters. The number of nitrogens with zero attached hydrogens (tertiary/aromatic N) is 1. The number of halogens is 1. The van der Waals surface area contributed by atoms with Crippen molar-refractivity contribution < 1.29 is 4.79 Å². The quantitative estimate of drug-likeness (QED) is 0.650. The van der Waals surface area contributed by atoms with Crippen LogP contribution in [0.25, 0.3) is 11.3 Å². The Morgan fingerprint density at radius 2 is 1.80 bits per heavy atom. The van der Waals surface area contributed by atoms with Crippen molar-refractivity contribution >= 4 is 23.2 Å². The Hall–Kier alpha value is -2.65. The molecule has 0 aliphatic heterocycles. The summed E-state index contributed by atoms with van der Waals surface area (Å²) in [5.74, 6) is -0.123. The van der Waals surface area contributed by atoms with Gasteiger partial charge in [0.15, 0.2) is 0 Å². The molecule has 3 aromatic rings. The number of anilines is 1. The van der Waals surface area contributed by atoms with Crippen LogP contribution in [0, 0.1) is 0 Å². The fourth-order valence-corrected chi connectivity index (χ4v) is 2.93. The zero-order valence-electron chi connectivity index (χ0n) is 14.0. The monoisotopic (exact) mass is 350 g/mol. The molecule has 0 aliphatic carbocycles. The van der Waals surface area contributed by atoms with E-state index in [-0.39, 0.29) is 5.91 Å². The number of pyridine rings is 1. The molecular weight excluding hydrogens is 332 g/mol. The highest BCUT2D eigenvalue weighted by Crippen LogP contribution is 2.25. The van der Waals surface area contributed by atoms with Crippen LogP contribution >= 0.6 is 11.6 Å². The van der Waals surface area contributed by atoms with Gasteiger partial charge in [0.1, 0.15) is 0 Å². The smallest absolute Gasteiger partial charge is 0.255 e. The Labute approximate surface area is 152 Å². The van der Waals surface area contributed by atoms with Crippen molar-refractivity contribution in [3.05, 3.63) is 83.0 Å². The number of benzene rings is 2. The minimum absolute atomic E-state index is 0.123. The fraction of sp³-hybridized carbons (Fsp3) is 0.143. The molecule has 0 spiro atoms. The third-order valence-corrected chi connectivity index (χ3v) is 4.27. The minimum atomic E-state index is -0.123. The predicted octanol–water partition coefficient (Wildman–Crippen LogP) is 5.61. The van der Waals surface area contributed by atoms with Gasteiger partial charge in [-0.1, -0.05) is 55.3 Å². The van der Waals surface area contributed by atoms with Crippen LogP contribution in [0.15, 0.2) is 66.9 Å². The van der Waals surface area contributed by atoms with Gasteiger partial charge in [-0.2, -0.15) is 0 Å². The highest BCUT2D eigenvalue weighted by Gasteiger charge is 2.10. The van der Waals surface area contributed by atoms with Crippen molar-refractivity contribution in [3.8, 4) is 11.3 Å². The number of hydrogen-bond acceptors (Lipinski definition) is 2. The molecule has 0 bridgehead atoms. The topological polar surface area (TPSA) is 42.0 Å². The van der Waals surface area contributed by atoms with E-state index in [9.17, 15) is 4.79 Å². The van der Waals surface area contributed by atoms with Gasteiger partial charge in [0, 0.05) is 23.0 Å². The summed E-state index contributed by atoms with van der Waals surface area (Å²) in [7, 11) is 0. The minimum Gasteiger partial charge on any atom is -0.322 e. The Morgan fingerprint density at radius 1 is 1.04 bits per heavy atom. The zero-order chi connectivity index (χ0) is 17.6. The molecular formula is C21H19ClN2O. The number of nitrogens with one attached hydrogen (secondary N) is 1. The highest BCUT2D eigenvalue weighted by atomic mass is 35.5. The lowest BCUT2D eigenvalue weighted by atomic mass is 10.1. The number of aromatic nitrogens is 1. The summed E-state index contributed by atoms with van der Waals surface area (Å²) < 4.78 is 0. The zero-order valence-corrected chi connectivity index (χ0v) is 14.8. The molecule has 25 heavy (non-hydrogen) atoms. The summed E-state index contributed by atoms with van der Waals surface area (Å²) in [6, 6.07) is 18.8. The van der Waals surface area contributed by atoms with E-state index < -0.39 is 0 Å². The SMILES string of the molecule is CCCc1ccccc1NC(=O)c1ccc(-c2ncccc2Cl)cc1. The number of aryl methyl sites for hydroxylation is 1. The van der Waals surface area contributed by atoms with Crippen LogP contribution in [-0.4, -0.2) is 10.9 Å². The molecule has 1 amide bonds. The molecule has 1 heterocycles. The summed E-state index contributed by atoms with van der Waals surface area (Å²) in [5, 5.41) is 3.59. The second-order valence-electron chi connectivity index (χ2n) is 5.77. The van der Waals surface area contributed by atoms with Crippen LogP contribution in [0.3, 0.4) is 0 Å². The second-order valence-corrected chi connectivity index (χ2v) is 6.18. The number of amides is 1. The van der Waals surface area contributed by atoms with Crippen molar-refractivity contribution in [1.82, 2.24) is 4.98 Å². The van der Waals surface area contributed by atoms with E-state index in [1.165, 1.54) is 0 Å². The third-order valence-electron chi connectivity index (χ3n) is 3.96. The van der Waals surface area contributed by atoms with Gasteiger partial charge in [-0.15, -0.1) is 0 Å². The maximum absolute atomic E-state index is 12.5. The molecule has 126 valence electrons. The van der Waals surface area contributed by atoms with E-state index in [0.29, 0.717) is 16.3 Å². The second kappa shape index (κ2) is 7.95. The first-order valence-electron chi connectivity index (χ1n) is 8.29. The number of hydrogen-bond donors (Lipinski definition) is 1. The molecule has 1 N–H and O–H groups in total. The van der Waals surface area contributed by atoms with Gasteiger partial charge in [-0.3, -0.25) is 9.78 Å². The van der Waals surface area contributed by atoms with E-state index in [4.69, 9.17) is 11.6 Å². The summed E-state index contributed by atoms with van der Waals surface area (Å²) in [6.45, 7) is 2.13. The maximum Gasteiger partial charge on any atom is 0.255 e. The number of rotatable bonds is 5. The standard InChI is InChI=1S/C21H19ClN2O/c1-2-6-15-7-3-4-9-19(15)24-21(25)17-12-10-16(11-13-17)20-18(22)8-5-14-23-20/h3-5,7-14H,2,6H2,1H3,(H,24,25). The molecule has 2 aromatic carbocycles. The number of carbonyl (C=O) groups excluding carboxylic acids is 1. The first-order valence-corrected chi connectivity index (χ1v) is 8.67. The van der Waals surface area contributed by atoms with E-state index in [1.807, 2.05) is 36.4 Å². The fourth-order valence-electron chi connectivity index (χ4n) is 2.70. The Bertz CT molecular complexity index is 875. The van der Waals surface area contributed by atoms with Gasteiger partial charge in [-0.25, -0.2) is 0 Å². The molecule has 0 aliphatic rings. The van der Waals surface area contributed by atoms with Crippen LogP contribution in [0.4, 0.5) is 5.69 Å². The molecule has 3 nitrogen and oxygen atoms in total. The molecule has 0 saturated carbocycles. The third kappa shape index (κ3) is 4.06. The Balaban J connectivity index is 1.79. The van der Waals surface area contributed by atoms with Gasteiger partial charge in [-0.05, 0) is 42.3 Å². The van der Waals surface area contributed by atoms with Gasteiger partial charge in [0.25, 0.3) is 5.91 Å². The molecule has 0 radical (unpaired) electrons. The lowest BCUT2D eigenvalue weighted by Crippen LogP contribution is -2.13. The van der Waals surface area contributed by atoms with E-state index in [0.717, 1.165) is 29.7 Å². The molecule has 3 rings (SSSR count). The summed E-state index contributed by atoms with van der Waals surface area (Å²) in [6.07, 6.45) is 3.67. The first kappa shape index (κ1) is 17.2. The average molecular weight is 351 g/mol. The van der Waals surface area contributed by atoms with Crippen molar-refractivity contribution in [1.29, 1.82) is 0 Å². The van der Waals surface area contributed by atoms with Crippen LogP contribution in [-0.2, 0) is 6.42 Å². The molecule has 4 heteroatoms. The van der Waals surface area contributed by atoms with Crippen molar-refractivity contribution in [2.75, 3.05) is 5.32 Å².